The third kappa shape index (κ3) is 4.05. The summed E-state index contributed by atoms with van der Waals surface area (Å²) in [5.41, 5.74) is -0.0608. The van der Waals surface area contributed by atoms with E-state index in [1.54, 1.807) is 18.2 Å². The molecule has 0 spiro atoms. The minimum Gasteiger partial charge on any atom is -0.322 e. The molecule has 0 saturated heterocycles. The van der Waals surface area contributed by atoms with Gasteiger partial charge in [-0.1, -0.05) is 18.2 Å². The van der Waals surface area contributed by atoms with Crippen molar-refractivity contribution in [3.8, 4) is 0 Å². The molecular weight excluding hydrogens is 448 g/mol. The van der Waals surface area contributed by atoms with Crippen molar-refractivity contribution in [1.82, 2.24) is 0 Å². The molecule has 1 amide bonds. The highest BCUT2D eigenvalue weighted by molar-refractivity contribution is 7.92. The van der Waals surface area contributed by atoms with Gasteiger partial charge in [-0.05, 0) is 60.5 Å². The van der Waals surface area contributed by atoms with Crippen molar-refractivity contribution in [2.24, 2.45) is 0 Å². The van der Waals surface area contributed by atoms with Crippen LogP contribution in [-0.2, 0) is 22.6 Å². The fraction of sp³-hybridized carbons (Fsp3) is 0.136. The number of alkyl halides is 3. The summed E-state index contributed by atoms with van der Waals surface area (Å²) >= 11 is 0. The first-order chi connectivity index (χ1) is 15.1. The summed E-state index contributed by atoms with van der Waals surface area (Å²) in [7, 11) is -4.06. The van der Waals surface area contributed by atoms with Crippen LogP contribution in [0.5, 0.6) is 0 Å². The first-order valence-electron chi connectivity index (χ1n) is 9.46. The molecule has 0 saturated carbocycles. The van der Waals surface area contributed by atoms with Crippen LogP contribution < -0.4 is 9.62 Å². The average molecular weight is 464 g/mol. The van der Waals surface area contributed by atoms with Gasteiger partial charge in [0.2, 0.25) is 0 Å². The van der Waals surface area contributed by atoms with Crippen molar-refractivity contribution in [1.29, 1.82) is 0 Å². The molecule has 0 atom stereocenters. The Morgan fingerprint density at radius 2 is 1.66 bits per heavy atom. The molecular formula is C22H16F4N2O3S. The van der Waals surface area contributed by atoms with E-state index >= 15 is 0 Å². The monoisotopic (exact) mass is 464 g/mol. The Labute approximate surface area is 181 Å². The average Bonchev–Trinajstić information content (AvgIpc) is 3.18. The van der Waals surface area contributed by atoms with Gasteiger partial charge >= 0.3 is 6.18 Å². The van der Waals surface area contributed by atoms with Crippen molar-refractivity contribution in [3.05, 3.63) is 89.2 Å². The van der Waals surface area contributed by atoms with Gasteiger partial charge in [0.05, 0.1) is 21.7 Å². The number of nitrogens with one attached hydrogen (secondary N) is 1. The lowest BCUT2D eigenvalue weighted by molar-refractivity contribution is -0.137. The Balaban J connectivity index is 1.61. The number of sulfonamides is 1. The third-order valence-electron chi connectivity index (χ3n) is 5.09. The lowest BCUT2D eigenvalue weighted by Crippen LogP contribution is -2.29. The molecule has 166 valence electrons. The topological polar surface area (TPSA) is 66.5 Å². The number of hydrogen-bond donors (Lipinski definition) is 1. The van der Waals surface area contributed by atoms with Crippen LogP contribution in [0.25, 0.3) is 0 Å². The number of halogens is 4. The van der Waals surface area contributed by atoms with Gasteiger partial charge in [0.1, 0.15) is 5.82 Å². The van der Waals surface area contributed by atoms with Gasteiger partial charge in [-0.25, -0.2) is 12.8 Å². The minimum absolute atomic E-state index is 0.00382. The summed E-state index contributed by atoms with van der Waals surface area (Å²) < 4.78 is 79.8. The van der Waals surface area contributed by atoms with E-state index in [-0.39, 0.29) is 17.1 Å². The summed E-state index contributed by atoms with van der Waals surface area (Å²) in [6.07, 6.45) is -4.01. The molecule has 0 bridgehead atoms. The predicted molar refractivity (Wildman–Crippen MR) is 110 cm³/mol. The highest BCUT2D eigenvalue weighted by Crippen LogP contribution is 2.33. The lowest BCUT2D eigenvalue weighted by Gasteiger charge is -2.20. The molecule has 3 aromatic carbocycles. The number of hydrogen-bond acceptors (Lipinski definition) is 3. The van der Waals surface area contributed by atoms with E-state index in [1.165, 1.54) is 4.31 Å². The summed E-state index contributed by atoms with van der Waals surface area (Å²) in [6, 6.07) is 13.5. The zero-order valence-corrected chi connectivity index (χ0v) is 17.2. The van der Waals surface area contributed by atoms with Crippen LogP contribution in [0.3, 0.4) is 0 Å². The molecule has 3 aromatic rings. The quantitative estimate of drug-likeness (QED) is 0.562. The molecule has 1 heterocycles. The molecule has 10 heteroatoms. The van der Waals surface area contributed by atoms with Crippen molar-refractivity contribution in [3.63, 3.8) is 0 Å². The van der Waals surface area contributed by atoms with E-state index in [1.807, 2.05) is 6.07 Å². The van der Waals surface area contributed by atoms with E-state index in [9.17, 15) is 30.8 Å². The molecule has 0 aromatic heterocycles. The molecule has 0 fully saturated rings. The number of amides is 1. The van der Waals surface area contributed by atoms with Crippen LogP contribution in [0.2, 0.25) is 0 Å². The Hall–Kier alpha value is -3.40. The van der Waals surface area contributed by atoms with Crippen molar-refractivity contribution in [2.75, 3.05) is 16.2 Å². The number of nitrogens with zero attached hydrogens (tertiary/aromatic N) is 1. The Kier molecular flexibility index (Phi) is 5.41. The van der Waals surface area contributed by atoms with Gasteiger partial charge in [0.15, 0.2) is 0 Å². The number of benzene rings is 3. The van der Waals surface area contributed by atoms with Crippen LogP contribution in [0.15, 0.2) is 71.6 Å². The first-order valence-corrected chi connectivity index (χ1v) is 10.9. The highest BCUT2D eigenvalue weighted by Gasteiger charge is 2.32. The lowest BCUT2D eigenvalue weighted by atomic mass is 10.1. The Morgan fingerprint density at radius 1 is 0.969 bits per heavy atom. The van der Waals surface area contributed by atoms with Gasteiger partial charge in [-0.15, -0.1) is 0 Å². The van der Waals surface area contributed by atoms with Crippen LogP contribution in [-0.4, -0.2) is 20.9 Å². The van der Waals surface area contributed by atoms with Gasteiger partial charge in [0, 0.05) is 12.2 Å². The second-order valence-electron chi connectivity index (χ2n) is 7.13. The summed E-state index contributed by atoms with van der Waals surface area (Å²) in [4.78, 5) is 12.3. The summed E-state index contributed by atoms with van der Waals surface area (Å²) in [5, 5.41) is 2.29. The fourth-order valence-electron chi connectivity index (χ4n) is 3.46. The maximum Gasteiger partial charge on any atom is 0.416 e. The predicted octanol–water partition coefficient (Wildman–Crippen LogP) is 4.85. The van der Waals surface area contributed by atoms with Gasteiger partial charge in [-0.2, -0.15) is 13.2 Å². The third-order valence-corrected chi connectivity index (χ3v) is 6.89. The van der Waals surface area contributed by atoms with Crippen LogP contribution in [0, 0.1) is 5.82 Å². The van der Waals surface area contributed by atoms with E-state index in [4.69, 9.17) is 0 Å². The fourth-order valence-corrected chi connectivity index (χ4v) is 4.99. The molecule has 0 radical (unpaired) electrons. The minimum atomic E-state index is -4.54. The van der Waals surface area contributed by atoms with Crippen molar-refractivity contribution >= 4 is 27.3 Å². The van der Waals surface area contributed by atoms with E-state index in [2.05, 4.69) is 5.32 Å². The summed E-state index contributed by atoms with van der Waals surface area (Å²) in [6.45, 7) is 0.214. The number of carbonyl (C=O) groups excluding carboxylic acids is 1. The Bertz CT molecular complexity index is 1290. The van der Waals surface area contributed by atoms with Crippen LogP contribution in [0.4, 0.5) is 28.9 Å². The molecule has 1 aliphatic heterocycles. The smallest absolute Gasteiger partial charge is 0.322 e. The number of carbonyl (C=O) groups is 1. The Morgan fingerprint density at radius 3 is 2.34 bits per heavy atom. The number of para-hydroxylation sites is 1. The van der Waals surface area contributed by atoms with Gasteiger partial charge in [0.25, 0.3) is 15.9 Å². The molecule has 0 aliphatic carbocycles. The molecule has 32 heavy (non-hydrogen) atoms. The van der Waals surface area contributed by atoms with Crippen LogP contribution >= 0.6 is 0 Å². The first kappa shape index (κ1) is 21.8. The standard InChI is InChI=1S/C22H16F4N2O3S/c23-19-10-9-17(32(30,31)28-12-11-14-3-1-2-4-20(14)28)13-18(19)21(29)27-16-7-5-15(6-8-16)22(24,25)26/h1-10,13H,11-12H2,(H,27,29). The number of rotatable bonds is 4. The maximum absolute atomic E-state index is 14.3. The van der Waals surface area contributed by atoms with E-state index in [0.29, 0.717) is 12.1 Å². The number of anilines is 2. The molecule has 5 nitrogen and oxygen atoms in total. The van der Waals surface area contributed by atoms with E-state index < -0.39 is 39.1 Å². The normalized spacial score (nSPS) is 13.7. The van der Waals surface area contributed by atoms with Gasteiger partial charge < -0.3 is 5.32 Å². The highest BCUT2D eigenvalue weighted by atomic mass is 32.2. The van der Waals surface area contributed by atoms with E-state index in [0.717, 1.165) is 48.0 Å². The maximum atomic E-state index is 14.3. The molecule has 1 aliphatic rings. The molecule has 0 unspecified atom stereocenters. The molecule has 1 N–H and O–H groups in total. The van der Waals surface area contributed by atoms with Crippen molar-refractivity contribution < 1.29 is 30.8 Å². The summed E-state index contributed by atoms with van der Waals surface area (Å²) in [5.74, 6) is -1.95. The zero-order chi connectivity index (χ0) is 23.1. The second kappa shape index (κ2) is 7.94. The zero-order valence-electron chi connectivity index (χ0n) is 16.4. The molecule has 4 rings (SSSR count). The van der Waals surface area contributed by atoms with Crippen molar-refractivity contribution in [2.45, 2.75) is 17.5 Å². The second-order valence-corrected chi connectivity index (χ2v) is 8.99. The van der Waals surface area contributed by atoms with Gasteiger partial charge in [-0.3, -0.25) is 9.10 Å². The number of fused-ring (bicyclic) bond motifs is 1. The largest absolute Gasteiger partial charge is 0.416 e. The van der Waals surface area contributed by atoms with Crippen LogP contribution in [0.1, 0.15) is 21.5 Å². The SMILES string of the molecule is O=C(Nc1ccc(C(F)(F)F)cc1)c1cc(S(=O)(=O)N2CCc3ccccc32)ccc1F.